The normalized spacial score (nSPS) is 16.9. The van der Waals surface area contributed by atoms with E-state index in [2.05, 4.69) is 0 Å². The third-order valence-electron chi connectivity index (χ3n) is 6.56. The molecule has 1 unspecified atom stereocenters. The van der Waals surface area contributed by atoms with E-state index in [-0.39, 0.29) is 13.1 Å². The lowest BCUT2D eigenvalue weighted by atomic mass is 10.0. The highest BCUT2D eigenvalue weighted by atomic mass is 16.4. The van der Waals surface area contributed by atoms with Gasteiger partial charge < -0.3 is 26.2 Å². The van der Waals surface area contributed by atoms with Gasteiger partial charge in [0.2, 0.25) is 0 Å². The summed E-state index contributed by atoms with van der Waals surface area (Å²) in [6.07, 6.45) is 1.94. The minimum absolute atomic E-state index is 0.177. The van der Waals surface area contributed by atoms with Gasteiger partial charge >= 0.3 is 23.9 Å². The average Bonchev–Trinajstić information content (AvgIpc) is 2.90. The SMILES string of the molecule is Nc1ccc(CCCC(CN2CCN(CC(=O)O)CCN(CC(=O)O)CC2)N(CC(=O)O)CC(=O)O)cc1. The Kier molecular flexibility index (Phi) is 12.9. The first-order valence-corrected chi connectivity index (χ1v) is 12.6. The second-order valence-corrected chi connectivity index (χ2v) is 9.62. The summed E-state index contributed by atoms with van der Waals surface area (Å²) in [6.45, 7) is 1.80. The van der Waals surface area contributed by atoms with E-state index in [1.165, 1.54) is 4.90 Å². The van der Waals surface area contributed by atoms with E-state index in [9.17, 15) is 39.6 Å². The van der Waals surface area contributed by atoms with Gasteiger partial charge in [-0.1, -0.05) is 12.1 Å². The van der Waals surface area contributed by atoms with E-state index in [1.807, 2.05) is 29.2 Å². The highest BCUT2D eigenvalue weighted by Crippen LogP contribution is 2.15. The molecular weight excluding hydrogens is 498 g/mol. The zero-order chi connectivity index (χ0) is 28.1. The van der Waals surface area contributed by atoms with E-state index in [4.69, 9.17) is 5.73 Å². The van der Waals surface area contributed by atoms with Gasteiger partial charge in [-0.05, 0) is 37.0 Å². The van der Waals surface area contributed by atoms with Crippen LogP contribution < -0.4 is 5.73 Å². The maximum absolute atomic E-state index is 11.6. The number of hydrogen-bond donors (Lipinski definition) is 5. The molecule has 1 atom stereocenters. The Morgan fingerprint density at radius 1 is 0.737 bits per heavy atom. The number of carboxylic acid groups (broad SMARTS) is 4. The molecule has 0 bridgehead atoms. The van der Waals surface area contributed by atoms with Crippen molar-refractivity contribution in [3.8, 4) is 0 Å². The molecular formula is C25H39N5O8. The fourth-order valence-electron chi connectivity index (χ4n) is 4.64. The molecule has 0 aliphatic carbocycles. The van der Waals surface area contributed by atoms with Gasteiger partial charge in [-0.15, -0.1) is 0 Å². The van der Waals surface area contributed by atoms with Crippen molar-refractivity contribution in [3.63, 3.8) is 0 Å². The lowest BCUT2D eigenvalue weighted by Crippen LogP contribution is -2.50. The van der Waals surface area contributed by atoms with Crippen molar-refractivity contribution in [3.05, 3.63) is 29.8 Å². The summed E-state index contributed by atoms with van der Waals surface area (Å²) in [4.78, 5) is 52.8. The first kappa shape index (κ1) is 31.0. The fourth-order valence-corrected chi connectivity index (χ4v) is 4.64. The maximum Gasteiger partial charge on any atom is 0.317 e. The van der Waals surface area contributed by atoms with Gasteiger partial charge in [0.25, 0.3) is 0 Å². The van der Waals surface area contributed by atoms with E-state index in [0.29, 0.717) is 70.8 Å². The summed E-state index contributed by atoms with van der Waals surface area (Å²) in [6, 6.07) is 7.07. The van der Waals surface area contributed by atoms with Gasteiger partial charge in [0, 0.05) is 57.5 Å². The van der Waals surface area contributed by atoms with E-state index >= 15 is 0 Å². The summed E-state index contributed by atoms with van der Waals surface area (Å²) >= 11 is 0. The van der Waals surface area contributed by atoms with Gasteiger partial charge in [0.15, 0.2) is 0 Å². The quantitative estimate of drug-likeness (QED) is 0.181. The van der Waals surface area contributed by atoms with Crippen LogP contribution in [0.15, 0.2) is 24.3 Å². The molecule has 1 aromatic carbocycles. The number of nitrogens with two attached hydrogens (primary N) is 1. The number of nitrogen functional groups attached to an aromatic ring is 1. The molecule has 212 valence electrons. The molecule has 1 aliphatic heterocycles. The molecule has 6 N–H and O–H groups in total. The Labute approximate surface area is 222 Å². The van der Waals surface area contributed by atoms with Crippen molar-refractivity contribution in [1.82, 2.24) is 19.6 Å². The molecule has 0 saturated carbocycles. The second kappa shape index (κ2) is 15.9. The number of rotatable bonds is 15. The largest absolute Gasteiger partial charge is 0.480 e. The molecule has 1 aliphatic rings. The molecule has 13 heteroatoms. The van der Waals surface area contributed by atoms with Gasteiger partial charge in [-0.25, -0.2) is 0 Å². The van der Waals surface area contributed by atoms with Crippen LogP contribution in [0, 0.1) is 0 Å². The molecule has 1 fully saturated rings. The van der Waals surface area contributed by atoms with Crippen molar-refractivity contribution in [2.24, 2.45) is 0 Å². The van der Waals surface area contributed by atoms with Crippen LogP contribution in [0.2, 0.25) is 0 Å². The van der Waals surface area contributed by atoms with Crippen LogP contribution in [-0.4, -0.2) is 142 Å². The standard InChI is InChI=1S/C25H39N5O8/c26-20-6-4-19(5-7-20)2-1-3-21(30(17-24(35)36)18-25(37)38)14-27-8-10-28(15-22(31)32)12-13-29(11-9-27)16-23(33)34/h4-7,21H,1-3,8-18,26H2,(H,31,32)(H,33,34)(H,35,36)(H,37,38). The lowest BCUT2D eigenvalue weighted by molar-refractivity contribution is -0.143. The number of benzene rings is 1. The number of aryl methyl sites for hydroxylation is 1. The highest BCUT2D eigenvalue weighted by molar-refractivity contribution is 5.72. The van der Waals surface area contributed by atoms with Gasteiger partial charge in [-0.2, -0.15) is 0 Å². The summed E-state index contributed by atoms with van der Waals surface area (Å²) in [7, 11) is 0. The minimum Gasteiger partial charge on any atom is -0.480 e. The predicted octanol–water partition coefficient (Wildman–Crippen LogP) is -0.480. The molecule has 0 aromatic heterocycles. The highest BCUT2D eigenvalue weighted by Gasteiger charge is 2.27. The van der Waals surface area contributed by atoms with Crippen molar-refractivity contribution >= 4 is 29.6 Å². The monoisotopic (exact) mass is 537 g/mol. The number of carboxylic acids is 4. The summed E-state index contributed by atoms with van der Waals surface area (Å²) < 4.78 is 0. The average molecular weight is 538 g/mol. The molecule has 1 aromatic rings. The van der Waals surface area contributed by atoms with Crippen LogP contribution in [-0.2, 0) is 25.6 Å². The molecule has 13 nitrogen and oxygen atoms in total. The van der Waals surface area contributed by atoms with E-state index in [1.54, 1.807) is 9.80 Å². The van der Waals surface area contributed by atoms with Crippen molar-refractivity contribution in [1.29, 1.82) is 0 Å². The van der Waals surface area contributed by atoms with Crippen LogP contribution in [0.3, 0.4) is 0 Å². The predicted molar refractivity (Wildman–Crippen MR) is 139 cm³/mol. The minimum atomic E-state index is -1.13. The summed E-state index contributed by atoms with van der Waals surface area (Å²) in [5.74, 6) is -4.20. The van der Waals surface area contributed by atoms with Gasteiger partial charge in [-0.3, -0.25) is 38.8 Å². The molecule has 0 spiro atoms. The maximum atomic E-state index is 11.6. The third-order valence-corrected chi connectivity index (χ3v) is 6.56. The third kappa shape index (κ3) is 12.3. The van der Waals surface area contributed by atoms with Crippen molar-refractivity contribution in [2.75, 3.05) is 77.7 Å². The second-order valence-electron chi connectivity index (χ2n) is 9.62. The van der Waals surface area contributed by atoms with Crippen LogP contribution in [0.4, 0.5) is 5.69 Å². The van der Waals surface area contributed by atoms with Crippen LogP contribution in [0.5, 0.6) is 0 Å². The molecule has 38 heavy (non-hydrogen) atoms. The van der Waals surface area contributed by atoms with Crippen LogP contribution in [0.25, 0.3) is 0 Å². The molecule has 0 amide bonds. The fraction of sp³-hybridized carbons (Fsp3) is 0.600. The van der Waals surface area contributed by atoms with Gasteiger partial charge in [0.1, 0.15) is 0 Å². The Balaban J connectivity index is 2.19. The molecule has 1 saturated heterocycles. The van der Waals surface area contributed by atoms with Crippen molar-refractivity contribution in [2.45, 2.75) is 25.3 Å². The Hall–Kier alpha value is -3.26. The van der Waals surface area contributed by atoms with E-state index in [0.717, 1.165) is 5.56 Å². The summed E-state index contributed by atoms with van der Waals surface area (Å²) in [5, 5.41) is 37.5. The number of aliphatic carboxylic acids is 4. The molecule has 0 radical (unpaired) electrons. The first-order valence-electron chi connectivity index (χ1n) is 12.6. The zero-order valence-corrected chi connectivity index (χ0v) is 21.6. The molecule has 2 rings (SSSR count). The zero-order valence-electron chi connectivity index (χ0n) is 21.6. The number of carbonyl (C=O) groups is 4. The summed E-state index contributed by atoms with van der Waals surface area (Å²) in [5.41, 5.74) is 7.47. The first-order chi connectivity index (χ1) is 18.0. The van der Waals surface area contributed by atoms with E-state index < -0.39 is 43.0 Å². The Morgan fingerprint density at radius 3 is 1.61 bits per heavy atom. The Bertz CT molecular complexity index is 885. The Morgan fingerprint density at radius 2 is 1.18 bits per heavy atom. The topological polar surface area (TPSA) is 188 Å². The van der Waals surface area contributed by atoms with Gasteiger partial charge in [0.05, 0.1) is 26.2 Å². The van der Waals surface area contributed by atoms with Crippen molar-refractivity contribution < 1.29 is 39.6 Å². The van der Waals surface area contributed by atoms with Crippen LogP contribution >= 0.6 is 0 Å². The number of nitrogens with zero attached hydrogens (tertiary/aromatic N) is 4. The number of anilines is 1. The lowest BCUT2D eigenvalue weighted by Gasteiger charge is -2.35. The van der Waals surface area contributed by atoms with Crippen LogP contribution in [0.1, 0.15) is 18.4 Å². The smallest absolute Gasteiger partial charge is 0.317 e. The number of hydrogen-bond acceptors (Lipinski definition) is 9. The molecule has 1 heterocycles.